The first kappa shape index (κ1) is 20.8. The number of aryl methyl sites for hydroxylation is 2. The fourth-order valence-corrected chi connectivity index (χ4v) is 4.36. The van der Waals surface area contributed by atoms with Crippen molar-refractivity contribution in [1.82, 2.24) is 14.8 Å². The molecule has 30 heavy (non-hydrogen) atoms. The molecule has 0 atom stereocenters. The molecule has 0 saturated carbocycles. The summed E-state index contributed by atoms with van der Waals surface area (Å²) in [6.07, 6.45) is 4.79. The standard InChI is InChI=1S/C22H23ClN4O2S/c1-27-20(13-29-19-10-9-15-5-2-3-6-16(15)11-19)25-26-22(27)30-14-21(28)24-18-8-4-7-17(23)12-18/h4,7-12H,2-3,5-6,13-14H2,1H3,(H,24,28). The van der Waals surface area contributed by atoms with E-state index in [1.54, 1.807) is 24.3 Å². The third-order valence-corrected chi connectivity index (χ3v) is 6.31. The first-order valence-electron chi connectivity index (χ1n) is 9.89. The Hall–Kier alpha value is -2.51. The maximum Gasteiger partial charge on any atom is 0.234 e. The molecule has 0 saturated heterocycles. The van der Waals surface area contributed by atoms with Gasteiger partial charge in [-0.1, -0.05) is 35.5 Å². The van der Waals surface area contributed by atoms with Crippen LogP contribution in [-0.2, 0) is 31.3 Å². The number of halogens is 1. The number of benzene rings is 2. The fourth-order valence-electron chi connectivity index (χ4n) is 3.44. The first-order chi connectivity index (χ1) is 14.6. The van der Waals surface area contributed by atoms with Gasteiger partial charge in [0.2, 0.25) is 5.91 Å². The molecule has 1 N–H and O–H groups in total. The normalized spacial score (nSPS) is 13.0. The highest BCUT2D eigenvalue weighted by Gasteiger charge is 2.14. The molecule has 6 nitrogen and oxygen atoms in total. The van der Waals surface area contributed by atoms with E-state index in [1.807, 2.05) is 17.7 Å². The maximum absolute atomic E-state index is 12.2. The number of nitrogens with one attached hydrogen (secondary N) is 1. The summed E-state index contributed by atoms with van der Waals surface area (Å²) < 4.78 is 7.80. The van der Waals surface area contributed by atoms with Gasteiger partial charge in [-0.25, -0.2) is 0 Å². The van der Waals surface area contributed by atoms with Crippen molar-refractivity contribution in [3.05, 3.63) is 64.4 Å². The van der Waals surface area contributed by atoms with Crippen molar-refractivity contribution < 1.29 is 9.53 Å². The van der Waals surface area contributed by atoms with Gasteiger partial charge in [-0.05, 0) is 67.1 Å². The van der Waals surface area contributed by atoms with E-state index < -0.39 is 0 Å². The van der Waals surface area contributed by atoms with Crippen LogP contribution in [0.3, 0.4) is 0 Å². The van der Waals surface area contributed by atoms with E-state index in [0.29, 0.717) is 28.3 Å². The minimum absolute atomic E-state index is 0.128. The van der Waals surface area contributed by atoms with E-state index >= 15 is 0 Å². The number of fused-ring (bicyclic) bond motifs is 1. The molecular weight excluding hydrogens is 420 g/mol. The lowest BCUT2D eigenvalue weighted by Crippen LogP contribution is -2.14. The minimum Gasteiger partial charge on any atom is -0.486 e. The summed E-state index contributed by atoms with van der Waals surface area (Å²) in [6, 6.07) is 13.4. The quantitative estimate of drug-likeness (QED) is 0.539. The van der Waals surface area contributed by atoms with Crippen molar-refractivity contribution in [2.45, 2.75) is 37.4 Å². The minimum atomic E-state index is -0.128. The molecule has 4 rings (SSSR count). The molecule has 0 fully saturated rings. The lowest BCUT2D eigenvalue weighted by molar-refractivity contribution is -0.113. The van der Waals surface area contributed by atoms with Gasteiger partial charge in [-0.15, -0.1) is 10.2 Å². The van der Waals surface area contributed by atoms with Crippen LogP contribution in [0, 0.1) is 0 Å². The molecule has 1 aliphatic carbocycles. The topological polar surface area (TPSA) is 69.0 Å². The van der Waals surface area contributed by atoms with Gasteiger partial charge in [0.1, 0.15) is 12.4 Å². The number of anilines is 1. The van der Waals surface area contributed by atoms with E-state index in [9.17, 15) is 4.79 Å². The summed E-state index contributed by atoms with van der Waals surface area (Å²) in [5.41, 5.74) is 3.49. The lowest BCUT2D eigenvalue weighted by Gasteiger charge is -2.16. The van der Waals surface area contributed by atoms with Crippen molar-refractivity contribution in [1.29, 1.82) is 0 Å². The van der Waals surface area contributed by atoms with Crippen LogP contribution in [0.25, 0.3) is 0 Å². The summed E-state index contributed by atoms with van der Waals surface area (Å²) in [7, 11) is 1.88. The second-order valence-corrected chi connectivity index (χ2v) is 8.61. The Morgan fingerprint density at radius 2 is 2.00 bits per heavy atom. The van der Waals surface area contributed by atoms with Gasteiger partial charge < -0.3 is 14.6 Å². The summed E-state index contributed by atoms with van der Waals surface area (Å²) >= 11 is 7.27. The van der Waals surface area contributed by atoms with Crippen molar-refractivity contribution in [3.8, 4) is 5.75 Å². The third kappa shape index (κ3) is 5.15. The van der Waals surface area contributed by atoms with E-state index in [1.165, 1.54) is 35.7 Å². The predicted octanol–water partition coefficient (Wildman–Crippen LogP) is 4.66. The summed E-state index contributed by atoms with van der Waals surface area (Å²) in [5, 5.41) is 12.5. The summed E-state index contributed by atoms with van der Waals surface area (Å²) in [4.78, 5) is 12.2. The second kappa shape index (κ2) is 9.53. The number of rotatable bonds is 7. The van der Waals surface area contributed by atoms with E-state index in [-0.39, 0.29) is 11.7 Å². The van der Waals surface area contributed by atoms with Crippen LogP contribution in [0.1, 0.15) is 29.8 Å². The molecule has 0 aliphatic heterocycles. The number of amides is 1. The van der Waals surface area contributed by atoms with Crippen molar-refractivity contribution in [2.75, 3.05) is 11.1 Å². The maximum atomic E-state index is 12.2. The Labute approximate surface area is 185 Å². The Balaban J connectivity index is 1.31. The molecule has 1 aliphatic rings. The highest BCUT2D eigenvalue weighted by Crippen LogP contribution is 2.26. The Morgan fingerprint density at radius 3 is 2.83 bits per heavy atom. The number of nitrogens with zero attached hydrogens (tertiary/aromatic N) is 3. The number of carbonyl (C=O) groups excluding carboxylic acids is 1. The molecule has 1 aromatic heterocycles. The molecule has 156 valence electrons. The molecule has 8 heteroatoms. The van der Waals surface area contributed by atoms with Crippen LogP contribution in [0.5, 0.6) is 5.75 Å². The number of ether oxygens (including phenoxy) is 1. The van der Waals surface area contributed by atoms with Gasteiger partial charge in [-0.2, -0.15) is 0 Å². The Morgan fingerprint density at radius 1 is 1.17 bits per heavy atom. The van der Waals surface area contributed by atoms with Crippen LogP contribution in [-0.4, -0.2) is 26.4 Å². The van der Waals surface area contributed by atoms with E-state index in [2.05, 4.69) is 27.6 Å². The average Bonchev–Trinajstić information content (AvgIpc) is 3.10. The third-order valence-electron chi connectivity index (χ3n) is 5.05. The second-order valence-electron chi connectivity index (χ2n) is 7.23. The van der Waals surface area contributed by atoms with E-state index in [4.69, 9.17) is 16.3 Å². The van der Waals surface area contributed by atoms with Crippen LogP contribution < -0.4 is 10.1 Å². The summed E-state index contributed by atoms with van der Waals surface area (Å²) in [5.74, 6) is 1.67. The molecule has 0 bridgehead atoms. The first-order valence-corrected chi connectivity index (χ1v) is 11.3. The fraction of sp³-hybridized carbons (Fsp3) is 0.318. The van der Waals surface area contributed by atoms with Crippen LogP contribution in [0.4, 0.5) is 5.69 Å². The van der Waals surface area contributed by atoms with Gasteiger partial charge in [-0.3, -0.25) is 4.79 Å². The van der Waals surface area contributed by atoms with Crippen molar-refractivity contribution in [3.63, 3.8) is 0 Å². The van der Waals surface area contributed by atoms with Gasteiger partial charge in [0.05, 0.1) is 5.75 Å². The monoisotopic (exact) mass is 442 g/mol. The predicted molar refractivity (Wildman–Crippen MR) is 119 cm³/mol. The molecule has 0 radical (unpaired) electrons. The number of aromatic nitrogens is 3. The number of thioether (sulfide) groups is 1. The van der Waals surface area contributed by atoms with Gasteiger partial charge >= 0.3 is 0 Å². The van der Waals surface area contributed by atoms with E-state index in [0.717, 1.165) is 18.6 Å². The zero-order valence-electron chi connectivity index (χ0n) is 16.7. The van der Waals surface area contributed by atoms with Crippen molar-refractivity contribution in [2.24, 2.45) is 7.05 Å². The summed E-state index contributed by atoms with van der Waals surface area (Å²) in [6.45, 7) is 0.331. The smallest absolute Gasteiger partial charge is 0.234 e. The zero-order valence-corrected chi connectivity index (χ0v) is 18.3. The molecule has 1 amide bonds. The number of hydrogen-bond acceptors (Lipinski definition) is 5. The van der Waals surface area contributed by atoms with Crippen LogP contribution in [0.15, 0.2) is 47.6 Å². The largest absolute Gasteiger partial charge is 0.486 e. The highest BCUT2D eigenvalue weighted by molar-refractivity contribution is 7.99. The zero-order chi connectivity index (χ0) is 20.9. The van der Waals surface area contributed by atoms with Gasteiger partial charge in [0.15, 0.2) is 11.0 Å². The molecule has 1 heterocycles. The highest BCUT2D eigenvalue weighted by atomic mass is 35.5. The number of hydrogen-bond donors (Lipinski definition) is 1. The Kier molecular flexibility index (Phi) is 6.59. The molecular formula is C22H23ClN4O2S. The van der Waals surface area contributed by atoms with Gasteiger partial charge in [0, 0.05) is 17.8 Å². The van der Waals surface area contributed by atoms with Crippen LogP contribution >= 0.6 is 23.4 Å². The van der Waals surface area contributed by atoms with Gasteiger partial charge in [0.25, 0.3) is 0 Å². The van der Waals surface area contributed by atoms with Crippen LogP contribution in [0.2, 0.25) is 5.02 Å². The number of carbonyl (C=O) groups is 1. The lowest BCUT2D eigenvalue weighted by atomic mass is 9.92. The molecule has 0 unspecified atom stereocenters. The Bertz CT molecular complexity index is 1050. The molecule has 2 aromatic carbocycles. The SMILES string of the molecule is Cn1c(COc2ccc3c(c2)CCCC3)nnc1SCC(=O)Nc1cccc(Cl)c1. The van der Waals surface area contributed by atoms with Crippen molar-refractivity contribution >= 4 is 35.0 Å². The average molecular weight is 443 g/mol. The molecule has 3 aromatic rings. The molecule has 0 spiro atoms.